The third-order valence-electron chi connectivity index (χ3n) is 9.34. The monoisotopic (exact) mass is 428 g/mol. The molecule has 0 aromatic heterocycles. The van der Waals surface area contributed by atoms with Crippen LogP contribution in [0.1, 0.15) is 68.9 Å². The number of rotatable bonds is 1. The number of methoxy groups -OCH3 is 1. The lowest BCUT2D eigenvalue weighted by Crippen LogP contribution is -2.69. The van der Waals surface area contributed by atoms with Gasteiger partial charge in [0, 0.05) is 23.0 Å². The van der Waals surface area contributed by atoms with Crippen molar-refractivity contribution in [3.8, 4) is 5.75 Å². The summed E-state index contributed by atoms with van der Waals surface area (Å²) >= 11 is 0. The number of ketones is 2. The average molecular weight is 429 g/mol. The van der Waals surface area contributed by atoms with Crippen molar-refractivity contribution in [1.82, 2.24) is 0 Å². The van der Waals surface area contributed by atoms with Gasteiger partial charge in [0.1, 0.15) is 17.5 Å². The largest absolute Gasteiger partial charge is 0.496 e. The fourth-order valence-electron chi connectivity index (χ4n) is 7.21. The average Bonchev–Trinajstić information content (AvgIpc) is 3.05. The van der Waals surface area contributed by atoms with Crippen molar-refractivity contribution in [3.63, 3.8) is 0 Å². The van der Waals surface area contributed by atoms with E-state index in [1.54, 1.807) is 7.11 Å². The Morgan fingerprint density at radius 2 is 1.77 bits per heavy atom. The van der Waals surface area contributed by atoms with Crippen molar-refractivity contribution in [2.75, 3.05) is 7.11 Å². The minimum atomic E-state index is -1.23. The maximum atomic E-state index is 13.7. The van der Waals surface area contributed by atoms with Gasteiger partial charge in [-0.2, -0.15) is 0 Å². The normalized spacial score (nSPS) is 45.0. The number of hydrogen-bond acceptors (Lipinski definition) is 6. The summed E-state index contributed by atoms with van der Waals surface area (Å²) in [7, 11) is 1.55. The van der Waals surface area contributed by atoms with Crippen LogP contribution in [0.25, 0.3) is 0 Å². The SMILES string of the molecule is COc1ccc2c(c1C)C(=O)C(=O)[C@]1(C)[C@H]3CC[C@@]21O[C@@]1(OC(C)(C)[C@@H](C)[C@H]1O)[C@H]3C. The highest BCUT2D eigenvalue weighted by molar-refractivity contribution is 6.47. The van der Waals surface area contributed by atoms with E-state index in [2.05, 4.69) is 0 Å². The highest BCUT2D eigenvalue weighted by atomic mass is 16.7. The summed E-state index contributed by atoms with van der Waals surface area (Å²) in [6.07, 6.45) is 0.492. The lowest BCUT2D eigenvalue weighted by molar-refractivity contribution is -0.382. The number of fused-ring (bicyclic) bond motifs is 1. The van der Waals surface area contributed by atoms with E-state index in [9.17, 15) is 14.7 Å². The Balaban J connectivity index is 1.79. The molecule has 2 bridgehead atoms. The Labute approximate surface area is 183 Å². The maximum Gasteiger partial charge on any atom is 0.230 e. The first kappa shape index (κ1) is 21.1. The number of carbonyl (C=O) groups is 2. The number of hydrogen-bond donors (Lipinski definition) is 1. The molecule has 5 rings (SSSR count). The van der Waals surface area contributed by atoms with Gasteiger partial charge in [0.15, 0.2) is 5.79 Å². The van der Waals surface area contributed by atoms with E-state index in [1.165, 1.54) is 0 Å². The van der Waals surface area contributed by atoms with Gasteiger partial charge in [0.25, 0.3) is 0 Å². The lowest BCUT2D eigenvalue weighted by atomic mass is 9.54. The van der Waals surface area contributed by atoms with Crippen LogP contribution in [0, 0.1) is 30.1 Å². The number of Topliss-reactive ketones (excluding diaryl/α,β-unsaturated/α-hetero) is 2. The number of benzene rings is 1. The molecule has 0 radical (unpaired) electrons. The maximum absolute atomic E-state index is 13.7. The van der Waals surface area contributed by atoms with Crippen LogP contribution in [0.15, 0.2) is 12.1 Å². The van der Waals surface area contributed by atoms with Gasteiger partial charge in [-0.1, -0.05) is 19.9 Å². The summed E-state index contributed by atoms with van der Waals surface area (Å²) in [6.45, 7) is 11.6. The molecule has 2 aliphatic carbocycles. The van der Waals surface area contributed by atoms with Crippen LogP contribution in [0.3, 0.4) is 0 Å². The highest BCUT2D eigenvalue weighted by Crippen LogP contribution is 2.71. The topological polar surface area (TPSA) is 82.1 Å². The van der Waals surface area contributed by atoms with E-state index in [0.29, 0.717) is 23.3 Å². The Morgan fingerprint density at radius 3 is 2.35 bits per heavy atom. The minimum Gasteiger partial charge on any atom is -0.496 e. The first-order valence-corrected chi connectivity index (χ1v) is 11.2. The van der Waals surface area contributed by atoms with E-state index >= 15 is 0 Å². The predicted molar refractivity (Wildman–Crippen MR) is 113 cm³/mol. The van der Waals surface area contributed by atoms with Gasteiger partial charge in [-0.25, -0.2) is 0 Å². The zero-order chi connectivity index (χ0) is 22.7. The highest BCUT2D eigenvalue weighted by Gasteiger charge is 2.78. The molecule has 6 heteroatoms. The number of aliphatic hydroxyl groups excluding tert-OH is 1. The Kier molecular flexibility index (Phi) is 4.07. The molecular weight excluding hydrogens is 396 g/mol. The second-order valence-electron chi connectivity index (χ2n) is 10.7. The van der Waals surface area contributed by atoms with Crippen LogP contribution in [0.2, 0.25) is 0 Å². The van der Waals surface area contributed by atoms with E-state index in [-0.39, 0.29) is 17.8 Å². The molecule has 1 N–H and O–H groups in total. The van der Waals surface area contributed by atoms with Crippen LogP contribution in [0.4, 0.5) is 0 Å². The van der Waals surface area contributed by atoms with Gasteiger partial charge in [-0.15, -0.1) is 0 Å². The van der Waals surface area contributed by atoms with Crippen LogP contribution in [-0.4, -0.2) is 41.3 Å². The molecule has 31 heavy (non-hydrogen) atoms. The second kappa shape index (κ2) is 5.97. The van der Waals surface area contributed by atoms with Crippen molar-refractivity contribution in [2.24, 2.45) is 23.2 Å². The molecule has 1 aromatic rings. The van der Waals surface area contributed by atoms with Crippen LogP contribution >= 0.6 is 0 Å². The van der Waals surface area contributed by atoms with Crippen molar-refractivity contribution >= 4 is 11.6 Å². The van der Waals surface area contributed by atoms with E-state index < -0.39 is 40.1 Å². The molecule has 1 aromatic carbocycles. The molecule has 1 saturated carbocycles. The smallest absolute Gasteiger partial charge is 0.230 e. The van der Waals surface area contributed by atoms with E-state index in [4.69, 9.17) is 14.2 Å². The predicted octanol–water partition coefficient (Wildman–Crippen LogP) is 3.55. The summed E-state index contributed by atoms with van der Waals surface area (Å²) < 4.78 is 18.9. The Hall–Kier alpha value is -1.76. The third-order valence-corrected chi connectivity index (χ3v) is 9.34. The van der Waals surface area contributed by atoms with Crippen LogP contribution in [0.5, 0.6) is 5.75 Å². The Bertz CT molecular complexity index is 1010. The summed E-state index contributed by atoms with van der Waals surface area (Å²) in [4.78, 5) is 27.1. The molecule has 1 spiro atoms. The van der Waals surface area contributed by atoms with Gasteiger partial charge in [0.2, 0.25) is 11.6 Å². The standard InChI is InChI=1S/C25H32O6/c1-12-17(29-7)9-8-16-18(12)19(26)21(28)23(6)15-10-11-24(16,23)31-25(13(15)2)20(27)14(3)22(4,5)30-25/h8-9,13-15,20,27H,10-11H2,1-7H3/t13-,14-,15-,20+,23-,24+,25-/m0/s1. The van der Waals surface area contributed by atoms with Gasteiger partial charge in [0.05, 0.1) is 18.1 Å². The quantitative estimate of drug-likeness (QED) is 0.689. The van der Waals surface area contributed by atoms with Crippen molar-refractivity contribution in [1.29, 1.82) is 0 Å². The van der Waals surface area contributed by atoms with Crippen molar-refractivity contribution in [2.45, 2.75) is 77.5 Å². The zero-order valence-electron chi connectivity index (χ0n) is 19.4. The molecule has 6 nitrogen and oxygen atoms in total. The van der Waals surface area contributed by atoms with Gasteiger partial charge in [-0.05, 0) is 58.1 Å². The molecule has 0 unspecified atom stereocenters. The van der Waals surface area contributed by atoms with Gasteiger partial charge in [-0.3, -0.25) is 9.59 Å². The van der Waals surface area contributed by atoms with Crippen molar-refractivity contribution in [3.05, 3.63) is 28.8 Å². The molecule has 3 fully saturated rings. The fraction of sp³-hybridized carbons (Fsp3) is 0.680. The lowest BCUT2D eigenvalue weighted by Gasteiger charge is -2.59. The zero-order valence-corrected chi connectivity index (χ0v) is 19.4. The first-order chi connectivity index (χ1) is 14.4. The molecular formula is C25H32O6. The molecule has 168 valence electrons. The van der Waals surface area contributed by atoms with Gasteiger partial charge >= 0.3 is 0 Å². The molecule has 0 amide bonds. The van der Waals surface area contributed by atoms with E-state index in [0.717, 1.165) is 12.0 Å². The number of carbonyl (C=O) groups excluding carboxylic acids is 2. The van der Waals surface area contributed by atoms with Gasteiger partial charge < -0.3 is 19.3 Å². The van der Waals surface area contributed by atoms with Crippen LogP contribution in [-0.2, 0) is 19.9 Å². The summed E-state index contributed by atoms with van der Waals surface area (Å²) in [5.74, 6) is -2.05. The van der Waals surface area contributed by atoms with Crippen LogP contribution < -0.4 is 4.74 Å². The molecule has 7 atom stereocenters. The number of aliphatic hydroxyl groups is 1. The third kappa shape index (κ3) is 2.10. The number of ether oxygens (including phenoxy) is 3. The molecule has 2 aliphatic heterocycles. The fourth-order valence-corrected chi connectivity index (χ4v) is 7.21. The van der Waals surface area contributed by atoms with E-state index in [1.807, 2.05) is 53.7 Å². The molecule has 2 heterocycles. The summed E-state index contributed by atoms with van der Waals surface area (Å²) in [5.41, 5.74) is -0.849. The molecule has 4 aliphatic rings. The molecule has 2 saturated heterocycles. The summed E-state index contributed by atoms with van der Waals surface area (Å²) in [6, 6.07) is 3.71. The summed E-state index contributed by atoms with van der Waals surface area (Å²) in [5, 5.41) is 11.4. The second-order valence-corrected chi connectivity index (χ2v) is 10.7. The van der Waals surface area contributed by atoms with Crippen molar-refractivity contribution < 1.29 is 28.9 Å². The Morgan fingerprint density at radius 1 is 1.10 bits per heavy atom. The minimum absolute atomic E-state index is 0.135. The first-order valence-electron chi connectivity index (χ1n) is 11.2.